The summed E-state index contributed by atoms with van der Waals surface area (Å²) < 4.78 is 5.11. The largest absolute Gasteiger partial charge is 0.459 e. The monoisotopic (exact) mass is 184 g/mol. The minimum atomic E-state index is -0.535. The molecule has 0 radical (unpaired) electrons. The van der Waals surface area contributed by atoms with Crippen molar-refractivity contribution in [3.8, 4) is 0 Å². The molecule has 1 rings (SSSR count). The number of carbonyl (C=O) groups is 2. The van der Waals surface area contributed by atoms with Crippen LogP contribution in [-0.2, 0) is 14.3 Å². The van der Waals surface area contributed by atoms with Crippen molar-refractivity contribution in [1.29, 1.82) is 0 Å². The Hall–Kier alpha value is -0.860. The van der Waals surface area contributed by atoms with E-state index in [4.69, 9.17) is 4.74 Å². The van der Waals surface area contributed by atoms with Gasteiger partial charge in [-0.15, -0.1) is 0 Å². The second-order valence-corrected chi connectivity index (χ2v) is 5.05. The Morgan fingerprint density at radius 1 is 1.38 bits per heavy atom. The van der Waals surface area contributed by atoms with Gasteiger partial charge < -0.3 is 4.74 Å². The number of rotatable bonds is 1. The highest BCUT2D eigenvalue weighted by molar-refractivity contribution is 6.17. The molecule has 0 bridgehead atoms. The normalized spacial score (nSPS) is 25.6. The van der Waals surface area contributed by atoms with Gasteiger partial charge >= 0.3 is 5.97 Å². The van der Waals surface area contributed by atoms with E-state index in [1.54, 1.807) is 34.6 Å². The summed E-state index contributed by atoms with van der Waals surface area (Å²) in [6, 6.07) is 0. The van der Waals surface area contributed by atoms with Gasteiger partial charge in [0.05, 0.1) is 0 Å². The van der Waals surface area contributed by atoms with Gasteiger partial charge in [0.2, 0.25) is 0 Å². The lowest BCUT2D eigenvalue weighted by molar-refractivity contribution is -0.157. The average Bonchev–Trinajstić information content (AvgIpc) is 2.27. The van der Waals surface area contributed by atoms with Gasteiger partial charge in [-0.05, 0) is 20.8 Å². The minimum absolute atomic E-state index is 0.0123. The molecule has 1 aliphatic carbocycles. The summed E-state index contributed by atoms with van der Waals surface area (Å²) in [5.41, 5.74) is -1.00. The summed E-state index contributed by atoms with van der Waals surface area (Å²) in [5, 5.41) is 0. The number of esters is 1. The third-order valence-corrected chi connectivity index (χ3v) is 2.18. The zero-order chi connectivity index (χ0) is 10.4. The average molecular weight is 184 g/mol. The van der Waals surface area contributed by atoms with Crippen LogP contribution < -0.4 is 0 Å². The van der Waals surface area contributed by atoms with E-state index in [1.165, 1.54) is 0 Å². The summed E-state index contributed by atoms with van der Waals surface area (Å²) in [4.78, 5) is 22.6. The zero-order valence-corrected chi connectivity index (χ0v) is 8.80. The molecule has 1 unspecified atom stereocenters. The van der Waals surface area contributed by atoms with Crippen LogP contribution in [0.5, 0.6) is 0 Å². The second kappa shape index (κ2) is 2.56. The lowest BCUT2D eigenvalue weighted by atomic mass is 10.1. The molecule has 0 saturated heterocycles. The minimum Gasteiger partial charge on any atom is -0.459 e. The van der Waals surface area contributed by atoms with E-state index >= 15 is 0 Å². The fourth-order valence-corrected chi connectivity index (χ4v) is 1.27. The molecular formula is C10H16O3. The number of ether oxygens (including phenoxy) is 1. The van der Waals surface area contributed by atoms with E-state index in [9.17, 15) is 9.59 Å². The van der Waals surface area contributed by atoms with Crippen LogP contribution in [0.4, 0.5) is 0 Å². The van der Waals surface area contributed by atoms with E-state index in [-0.39, 0.29) is 11.8 Å². The van der Waals surface area contributed by atoms with E-state index in [0.29, 0.717) is 0 Å². The van der Waals surface area contributed by atoms with Gasteiger partial charge in [0, 0.05) is 5.41 Å². The van der Waals surface area contributed by atoms with Gasteiger partial charge in [0.15, 0.2) is 5.78 Å². The van der Waals surface area contributed by atoms with Crippen LogP contribution in [-0.4, -0.2) is 17.4 Å². The lowest BCUT2D eigenvalue weighted by Crippen LogP contribution is -2.26. The number of hydrogen-bond acceptors (Lipinski definition) is 3. The molecule has 1 saturated carbocycles. The van der Waals surface area contributed by atoms with Crippen LogP contribution in [0, 0.1) is 11.3 Å². The van der Waals surface area contributed by atoms with Crippen molar-refractivity contribution in [2.45, 2.75) is 40.2 Å². The maximum Gasteiger partial charge on any atom is 0.318 e. The van der Waals surface area contributed by atoms with E-state index < -0.39 is 16.9 Å². The van der Waals surface area contributed by atoms with Gasteiger partial charge in [-0.25, -0.2) is 0 Å². The number of carbonyl (C=O) groups excluding carboxylic acids is 2. The molecule has 0 aliphatic heterocycles. The molecule has 3 heteroatoms. The van der Waals surface area contributed by atoms with Crippen molar-refractivity contribution in [2.75, 3.05) is 0 Å². The first-order chi connectivity index (χ1) is 5.66. The first kappa shape index (κ1) is 10.2. The standard InChI is InChI=1S/C10H16O3/c1-9(2,3)13-8(12)6-7(11)10(6,4)5/h6H,1-5H3. The van der Waals surface area contributed by atoms with E-state index in [0.717, 1.165) is 0 Å². The summed E-state index contributed by atoms with van der Waals surface area (Å²) in [5.74, 6) is -0.934. The van der Waals surface area contributed by atoms with Crippen LogP contribution in [0.25, 0.3) is 0 Å². The fraction of sp³-hybridized carbons (Fsp3) is 0.800. The van der Waals surface area contributed by atoms with Crippen molar-refractivity contribution in [1.82, 2.24) is 0 Å². The molecule has 0 aromatic carbocycles. The van der Waals surface area contributed by atoms with Crippen LogP contribution in [0.2, 0.25) is 0 Å². The highest BCUT2D eigenvalue weighted by Gasteiger charge is 2.63. The molecule has 1 aliphatic rings. The smallest absolute Gasteiger partial charge is 0.318 e. The van der Waals surface area contributed by atoms with E-state index in [2.05, 4.69) is 0 Å². The fourth-order valence-electron chi connectivity index (χ4n) is 1.27. The molecule has 1 atom stereocenters. The van der Waals surface area contributed by atoms with Crippen LogP contribution in [0.1, 0.15) is 34.6 Å². The highest BCUT2D eigenvalue weighted by atomic mass is 16.6. The lowest BCUT2D eigenvalue weighted by Gasteiger charge is -2.19. The SMILES string of the molecule is CC(C)(C)OC(=O)C1C(=O)C1(C)C. The summed E-state index contributed by atoms with van der Waals surface area (Å²) in [7, 11) is 0. The van der Waals surface area contributed by atoms with Gasteiger partial charge in [0.1, 0.15) is 11.5 Å². The summed E-state index contributed by atoms with van der Waals surface area (Å²) in [6.07, 6.45) is 0. The molecule has 0 N–H and O–H groups in total. The molecule has 0 aromatic heterocycles. The van der Waals surface area contributed by atoms with Crippen LogP contribution >= 0.6 is 0 Å². The predicted molar refractivity (Wildman–Crippen MR) is 48.1 cm³/mol. The van der Waals surface area contributed by atoms with E-state index in [1.807, 2.05) is 0 Å². The van der Waals surface area contributed by atoms with Crippen molar-refractivity contribution >= 4 is 11.8 Å². The predicted octanol–water partition coefficient (Wildman–Crippen LogP) is 1.55. The highest BCUT2D eigenvalue weighted by Crippen LogP contribution is 2.48. The molecule has 0 aromatic rings. The molecule has 13 heavy (non-hydrogen) atoms. The Kier molecular flexibility index (Phi) is 2.02. The van der Waals surface area contributed by atoms with Gasteiger partial charge in [-0.3, -0.25) is 9.59 Å². The number of hydrogen-bond donors (Lipinski definition) is 0. The van der Waals surface area contributed by atoms with Gasteiger partial charge in [0.25, 0.3) is 0 Å². The van der Waals surface area contributed by atoms with Crippen molar-refractivity contribution in [3.05, 3.63) is 0 Å². The Balaban J connectivity index is 2.59. The third kappa shape index (κ3) is 1.90. The quantitative estimate of drug-likeness (QED) is 0.458. The first-order valence-corrected chi connectivity index (χ1v) is 4.43. The van der Waals surface area contributed by atoms with Crippen LogP contribution in [0.15, 0.2) is 0 Å². The molecular weight excluding hydrogens is 168 g/mol. The number of ketones is 1. The summed E-state index contributed by atoms with van der Waals surface area (Å²) in [6.45, 7) is 8.92. The van der Waals surface area contributed by atoms with Crippen molar-refractivity contribution in [2.24, 2.45) is 11.3 Å². The molecule has 1 fully saturated rings. The third-order valence-electron chi connectivity index (χ3n) is 2.18. The Morgan fingerprint density at radius 3 is 2.00 bits per heavy atom. The van der Waals surface area contributed by atoms with Gasteiger partial charge in [-0.1, -0.05) is 13.8 Å². The molecule has 0 spiro atoms. The Morgan fingerprint density at radius 2 is 1.77 bits per heavy atom. The molecule has 74 valence electrons. The Bertz CT molecular complexity index is 258. The topological polar surface area (TPSA) is 43.4 Å². The van der Waals surface area contributed by atoms with Crippen molar-refractivity contribution < 1.29 is 14.3 Å². The summed E-state index contributed by atoms with van der Waals surface area (Å²) >= 11 is 0. The van der Waals surface area contributed by atoms with Gasteiger partial charge in [-0.2, -0.15) is 0 Å². The molecule has 3 nitrogen and oxygen atoms in total. The molecule has 0 amide bonds. The zero-order valence-electron chi connectivity index (χ0n) is 8.80. The second-order valence-electron chi connectivity index (χ2n) is 5.05. The van der Waals surface area contributed by atoms with Crippen molar-refractivity contribution in [3.63, 3.8) is 0 Å². The first-order valence-electron chi connectivity index (χ1n) is 4.43. The molecule has 0 heterocycles. The maximum absolute atomic E-state index is 11.4. The maximum atomic E-state index is 11.4. The van der Waals surface area contributed by atoms with Crippen LogP contribution in [0.3, 0.4) is 0 Å². The Labute approximate surface area is 78.5 Å². The number of Topliss-reactive ketones (excluding diaryl/α,β-unsaturated/α-hetero) is 1.